The maximum atomic E-state index is 11.4. The summed E-state index contributed by atoms with van der Waals surface area (Å²) < 4.78 is 10.3. The molecule has 1 heterocycles. The van der Waals surface area contributed by atoms with E-state index < -0.39 is 6.10 Å². The summed E-state index contributed by atoms with van der Waals surface area (Å²) in [6.45, 7) is 2.89. The van der Waals surface area contributed by atoms with Crippen molar-refractivity contribution >= 4 is 5.97 Å². The highest BCUT2D eigenvalue weighted by Crippen LogP contribution is 2.22. The Hall–Kier alpha value is -2.37. The Morgan fingerprint density at radius 1 is 1.11 bits per heavy atom. The molecular weight excluding hydrogens is 354 g/mol. The van der Waals surface area contributed by atoms with Crippen LogP contribution in [0.25, 0.3) is 0 Å². The molecule has 2 aromatic carbocycles. The Morgan fingerprint density at radius 2 is 1.79 bits per heavy atom. The molecule has 5 heteroatoms. The minimum Gasteiger partial charge on any atom is -0.491 e. The predicted octanol–water partition coefficient (Wildman–Crippen LogP) is 3.17. The minimum atomic E-state index is -0.536. The van der Waals surface area contributed by atoms with Crippen LogP contribution in [-0.2, 0) is 11.2 Å². The van der Waals surface area contributed by atoms with Gasteiger partial charge in [-0.05, 0) is 68.1 Å². The van der Waals surface area contributed by atoms with Crippen molar-refractivity contribution in [2.75, 3.05) is 33.4 Å². The number of hydrogen-bond acceptors (Lipinski definition) is 5. The lowest BCUT2D eigenvalue weighted by Gasteiger charge is -2.33. The Bertz CT molecular complexity index is 724. The molecule has 1 fully saturated rings. The second-order valence-electron chi connectivity index (χ2n) is 7.41. The van der Waals surface area contributed by atoms with Crippen molar-refractivity contribution in [1.29, 1.82) is 0 Å². The average Bonchev–Trinajstić information content (AvgIpc) is 2.74. The van der Waals surface area contributed by atoms with Crippen molar-refractivity contribution in [1.82, 2.24) is 4.90 Å². The van der Waals surface area contributed by atoms with Gasteiger partial charge in [0, 0.05) is 6.54 Å². The first-order chi connectivity index (χ1) is 13.6. The number of benzene rings is 2. The Kier molecular flexibility index (Phi) is 7.46. The normalized spacial score (nSPS) is 16.5. The molecule has 0 unspecified atom stereocenters. The highest BCUT2D eigenvalue weighted by Gasteiger charge is 2.21. The molecule has 1 N–H and O–H groups in total. The van der Waals surface area contributed by atoms with Gasteiger partial charge in [0.05, 0.1) is 12.7 Å². The number of methoxy groups -OCH3 is 1. The fraction of sp³-hybridized carbons (Fsp3) is 0.435. The quantitative estimate of drug-likeness (QED) is 0.710. The first kappa shape index (κ1) is 20.4. The Morgan fingerprint density at radius 3 is 2.43 bits per heavy atom. The van der Waals surface area contributed by atoms with E-state index in [0.29, 0.717) is 17.9 Å². The van der Waals surface area contributed by atoms with Gasteiger partial charge in [-0.25, -0.2) is 4.79 Å². The molecule has 1 saturated heterocycles. The number of β-amino-alcohol motifs (C(OH)–C–C–N with tert-alkyl or cyclic N) is 1. The summed E-state index contributed by atoms with van der Waals surface area (Å²) in [5, 5.41) is 10.3. The molecule has 1 aliphatic rings. The number of nitrogens with zero attached hydrogens (tertiary/aromatic N) is 1. The van der Waals surface area contributed by atoms with Gasteiger partial charge in [-0.15, -0.1) is 0 Å². The molecule has 1 aliphatic heterocycles. The number of aliphatic hydroxyl groups is 1. The van der Waals surface area contributed by atoms with Crippen molar-refractivity contribution in [3.8, 4) is 5.75 Å². The molecule has 5 nitrogen and oxygen atoms in total. The number of esters is 1. The number of piperidine rings is 1. The van der Waals surface area contributed by atoms with Crippen molar-refractivity contribution in [2.24, 2.45) is 5.92 Å². The lowest BCUT2D eigenvalue weighted by atomic mass is 9.90. The number of carbonyl (C=O) groups excluding carboxylic acids is 1. The monoisotopic (exact) mass is 383 g/mol. The fourth-order valence-electron chi connectivity index (χ4n) is 3.67. The van der Waals surface area contributed by atoms with Gasteiger partial charge in [0.15, 0.2) is 0 Å². The van der Waals surface area contributed by atoms with Gasteiger partial charge in [0.2, 0.25) is 0 Å². The molecule has 0 saturated carbocycles. The van der Waals surface area contributed by atoms with Crippen LogP contribution in [0.5, 0.6) is 5.75 Å². The van der Waals surface area contributed by atoms with E-state index in [4.69, 9.17) is 4.74 Å². The van der Waals surface area contributed by atoms with E-state index in [9.17, 15) is 9.90 Å². The minimum absolute atomic E-state index is 0.238. The van der Waals surface area contributed by atoms with Gasteiger partial charge in [-0.3, -0.25) is 0 Å². The summed E-state index contributed by atoms with van der Waals surface area (Å²) in [6, 6.07) is 17.4. The summed E-state index contributed by atoms with van der Waals surface area (Å²) in [6.07, 6.45) is 2.93. The standard InChI is InChI=1S/C23H29NO4/c1-27-23(26)20-7-9-22(10-8-20)28-17-21(25)16-24-13-11-19(12-14-24)15-18-5-3-2-4-6-18/h2-10,19,21,25H,11-17H2,1H3/t21-/m0/s1. The number of rotatable bonds is 8. The molecule has 0 bridgehead atoms. The van der Waals surface area contributed by atoms with Crippen LogP contribution in [0.4, 0.5) is 0 Å². The molecule has 0 aromatic heterocycles. The first-order valence-corrected chi connectivity index (χ1v) is 9.89. The molecule has 0 amide bonds. The van der Waals surface area contributed by atoms with Crippen LogP contribution in [0.3, 0.4) is 0 Å². The van der Waals surface area contributed by atoms with E-state index in [1.54, 1.807) is 24.3 Å². The van der Waals surface area contributed by atoms with Gasteiger partial charge in [-0.1, -0.05) is 30.3 Å². The van der Waals surface area contributed by atoms with Crippen LogP contribution in [0.2, 0.25) is 0 Å². The first-order valence-electron chi connectivity index (χ1n) is 9.89. The van der Waals surface area contributed by atoms with Crippen molar-refractivity contribution in [3.63, 3.8) is 0 Å². The molecule has 3 rings (SSSR count). The number of carbonyl (C=O) groups is 1. The third kappa shape index (κ3) is 6.08. The van der Waals surface area contributed by atoms with E-state index in [2.05, 4.69) is 40.0 Å². The van der Waals surface area contributed by atoms with Crippen LogP contribution in [0.15, 0.2) is 54.6 Å². The van der Waals surface area contributed by atoms with Crippen molar-refractivity contribution < 1.29 is 19.4 Å². The van der Waals surface area contributed by atoms with Gasteiger partial charge < -0.3 is 19.5 Å². The number of aliphatic hydroxyl groups excluding tert-OH is 1. The van der Waals surface area contributed by atoms with E-state index in [1.165, 1.54) is 12.7 Å². The third-order valence-corrected chi connectivity index (χ3v) is 5.26. The lowest BCUT2D eigenvalue weighted by Crippen LogP contribution is -2.41. The van der Waals surface area contributed by atoms with Gasteiger partial charge >= 0.3 is 5.97 Å². The molecule has 28 heavy (non-hydrogen) atoms. The maximum absolute atomic E-state index is 11.4. The summed E-state index contributed by atoms with van der Waals surface area (Å²) in [7, 11) is 1.35. The Labute approximate surface area is 166 Å². The van der Waals surface area contributed by atoms with Crippen LogP contribution in [-0.4, -0.2) is 55.4 Å². The van der Waals surface area contributed by atoms with E-state index in [0.717, 1.165) is 38.3 Å². The van der Waals surface area contributed by atoms with E-state index in [-0.39, 0.29) is 12.6 Å². The number of ether oxygens (including phenoxy) is 2. The van der Waals surface area contributed by atoms with Crippen LogP contribution >= 0.6 is 0 Å². The summed E-state index contributed by atoms with van der Waals surface area (Å²) in [5.41, 5.74) is 1.89. The largest absolute Gasteiger partial charge is 0.491 e. The molecule has 0 radical (unpaired) electrons. The zero-order chi connectivity index (χ0) is 19.8. The zero-order valence-corrected chi connectivity index (χ0v) is 16.4. The lowest BCUT2D eigenvalue weighted by molar-refractivity contribution is 0.0549. The summed E-state index contributed by atoms with van der Waals surface area (Å²) >= 11 is 0. The second kappa shape index (κ2) is 10.2. The van der Waals surface area contributed by atoms with Gasteiger partial charge in [0.1, 0.15) is 18.5 Å². The Balaban J connectivity index is 1.36. The van der Waals surface area contributed by atoms with Crippen molar-refractivity contribution in [2.45, 2.75) is 25.4 Å². The van der Waals surface area contributed by atoms with E-state index in [1.807, 2.05) is 0 Å². The predicted molar refractivity (Wildman–Crippen MR) is 109 cm³/mol. The summed E-state index contributed by atoms with van der Waals surface area (Å²) in [4.78, 5) is 13.7. The average molecular weight is 383 g/mol. The van der Waals surface area contributed by atoms with Gasteiger partial charge in [-0.2, -0.15) is 0 Å². The highest BCUT2D eigenvalue weighted by atomic mass is 16.5. The van der Waals surface area contributed by atoms with Crippen LogP contribution in [0.1, 0.15) is 28.8 Å². The molecule has 150 valence electrons. The van der Waals surface area contributed by atoms with Gasteiger partial charge in [0.25, 0.3) is 0 Å². The molecule has 2 aromatic rings. The highest BCUT2D eigenvalue weighted by molar-refractivity contribution is 5.89. The van der Waals surface area contributed by atoms with Crippen LogP contribution in [0, 0.1) is 5.92 Å². The maximum Gasteiger partial charge on any atom is 0.337 e. The zero-order valence-electron chi connectivity index (χ0n) is 16.4. The fourth-order valence-corrected chi connectivity index (χ4v) is 3.67. The number of hydrogen-bond donors (Lipinski definition) is 1. The SMILES string of the molecule is COC(=O)c1ccc(OC[C@@H](O)CN2CCC(Cc3ccccc3)CC2)cc1. The third-order valence-electron chi connectivity index (χ3n) is 5.26. The van der Waals surface area contributed by atoms with Crippen LogP contribution < -0.4 is 4.74 Å². The van der Waals surface area contributed by atoms with E-state index >= 15 is 0 Å². The topological polar surface area (TPSA) is 59.0 Å². The summed E-state index contributed by atoms with van der Waals surface area (Å²) in [5.74, 6) is 0.982. The molecular formula is C23H29NO4. The molecule has 0 spiro atoms. The molecule has 0 aliphatic carbocycles. The van der Waals surface area contributed by atoms with Crippen molar-refractivity contribution in [3.05, 3.63) is 65.7 Å². The second-order valence-corrected chi connectivity index (χ2v) is 7.41. The number of likely N-dealkylation sites (tertiary alicyclic amines) is 1. The smallest absolute Gasteiger partial charge is 0.337 e. The molecule has 1 atom stereocenters.